The van der Waals surface area contributed by atoms with Crippen molar-refractivity contribution in [2.75, 3.05) is 38.7 Å². The monoisotopic (exact) mass is 379 g/mol. The van der Waals surface area contributed by atoms with E-state index in [4.69, 9.17) is 4.74 Å². The van der Waals surface area contributed by atoms with Crippen LogP contribution in [0.5, 0.6) is 0 Å². The van der Waals surface area contributed by atoms with Crippen molar-refractivity contribution >= 4 is 11.7 Å². The van der Waals surface area contributed by atoms with Crippen molar-refractivity contribution in [2.45, 2.75) is 39.2 Å². The largest absolute Gasteiger partial charge is 0.464 e. The minimum atomic E-state index is -1.77. The van der Waals surface area contributed by atoms with Crippen LogP contribution in [0.25, 0.3) is 0 Å². The molecule has 9 heteroatoms. The zero-order valence-electron chi connectivity index (χ0n) is 15.7. The van der Waals surface area contributed by atoms with Crippen molar-refractivity contribution < 1.29 is 27.1 Å². The van der Waals surface area contributed by atoms with Gasteiger partial charge in [-0.15, -0.1) is 0 Å². The minimum absolute atomic E-state index is 0.00358. The van der Waals surface area contributed by atoms with E-state index in [-0.39, 0.29) is 13.2 Å². The van der Waals surface area contributed by atoms with E-state index in [1.807, 2.05) is 19.0 Å². The highest BCUT2D eigenvalue weighted by molar-refractivity contribution is 5.84. The molecule has 0 aliphatic carbocycles. The Morgan fingerprint density at radius 1 is 1.04 bits per heavy atom. The summed E-state index contributed by atoms with van der Waals surface area (Å²) in [6, 6.07) is 0. The number of nitrogens with zero attached hydrogens (tertiary/aromatic N) is 3. The zero-order chi connectivity index (χ0) is 20.1. The zero-order valence-corrected chi connectivity index (χ0v) is 15.7. The van der Waals surface area contributed by atoms with Gasteiger partial charge >= 0.3 is 5.97 Å². The third-order valence-electron chi connectivity index (χ3n) is 3.93. The van der Waals surface area contributed by atoms with Crippen LogP contribution in [0.15, 0.2) is 0 Å². The van der Waals surface area contributed by atoms with E-state index >= 15 is 0 Å². The Kier molecular flexibility index (Phi) is 7.80. The molecule has 0 saturated carbocycles. The van der Waals surface area contributed by atoms with E-state index in [0.29, 0.717) is 19.4 Å². The second-order valence-corrected chi connectivity index (χ2v) is 6.61. The minimum Gasteiger partial charge on any atom is -0.464 e. The second-order valence-electron chi connectivity index (χ2n) is 6.61. The SMILES string of the molecule is CCOC(=O)C(C)(C)N(CCCCN(C)C)c1c(F)c(F)nc(F)c1F. The molecule has 0 radical (unpaired) electrons. The van der Waals surface area contributed by atoms with Gasteiger partial charge in [-0.3, -0.25) is 0 Å². The Balaban J connectivity index is 3.31. The lowest BCUT2D eigenvalue weighted by atomic mass is 10.0. The molecule has 1 heterocycles. The second kappa shape index (κ2) is 9.16. The first kappa shape index (κ1) is 22.1. The summed E-state index contributed by atoms with van der Waals surface area (Å²) in [5.41, 5.74) is -2.51. The molecule has 0 aliphatic rings. The maximum absolute atomic E-state index is 14.3. The molecule has 1 rings (SSSR count). The Labute approximate surface area is 150 Å². The van der Waals surface area contributed by atoms with Crippen molar-refractivity contribution in [1.82, 2.24) is 9.88 Å². The summed E-state index contributed by atoms with van der Waals surface area (Å²) >= 11 is 0. The lowest BCUT2D eigenvalue weighted by molar-refractivity contribution is -0.148. The first-order valence-electron chi connectivity index (χ1n) is 8.33. The molecule has 1 aromatic rings. The molecule has 1 aromatic heterocycles. The smallest absolute Gasteiger partial charge is 0.331 e. The lowest BCUT2D eigenvalue weighted by Gasteiger charge is -2.38. The maximum atomic E-state index is 14.3. The van der Waals surface area contributed by atoms with E-state index in [1.165, 1.54) is 13.8 Å². The maximum Gasteiger partial charge on any atom is 0.331 e. The topological polar surface area (TPSA) is 45.7 Å². The molecule has 0 amide bonds. The van der Waals surface area contributed by atoms with E-state index in [9.17, 15) is 22.4 Å². The molecule has 0 aromatic carbocycles. The van der Waals surface area contributed by atoms with Crippen LogP contribution in [0.1, 0.15) is 33.6 Å². The number of hydrogen-bond acceptors (Lipinski definition) is 5. The van der Waals surface area contributed by atoms with Crippen molar-refractivity contribution in [1.29, 1.82) is 0 Å². The average molecular weight is 379 g/mol. The number of halogens is 4. The number of ether oxygens (including phenoxy) is 1. The molecule has 148 valence electrons. The Hall–Kier alpha value is -1.90. The van der Waals surface area contributed by atoms with E-state index in [1.54, 1.807) is 6.92 Å². The number of carbonyl (C=O) groups is 1. The van der Waals surface area contributed by atoms with Crippen LogP contribution in [-0.2, 0) is 9.53 Å². The van der Waals surface area contributed by atoms with E-state index in [0.717, 1.165) is 4.90 Å². The van der Waals surface area contributed by atoms with Gasteiger partial charge in [0, 0.05) is 6.54 Å². The summed E-state index contributed by atoms with van der Waals surface area (Å²) in [7, 11) is 3.74. The number of aromatic nitrogens is 1. The molecule has 0 aliphatic heterocycles. The van der Waals surface area contributed by atoms with Crippen LogP contribution in [-0.4, -0.2) is 55.2 Å². The van der Waals surface area contributed by atoms with Gasteiger partial charge in [0.1, 0.15) is 11.2 Å². The Bertz CT molecular complexity index is 613. The summed E-state index contributed by atoms with van der Waals surface area (Å²) in [4.78, 5) is 17.8. The van der Waals surface area contributed by atoms with Crippen LogP contribution in [0.2, 0.25) is 0 Å². The summed E-state index contributed by atoms with van der Waals surface area (Å²) < 4.78 is 60.6. The third kappa shape index (κ3) is 5.06. The molecule has 0 unspecified atom stereocenters. The molecule has 26 heavy (non-hydrogen) atoms. The van der Waals surface area contributed by atoms with Gasteiger partial charge in [-0.2, -0.15) is 22.5 Å². The number of unbranched alkanes of at least 4 members (excludes halogenated alkanes) is 1. The number of rotatable bonds is 9. The Morgan fingerprint density at radius 2 is 1.54 bits per heavy atom. The summed E-state index contributed by atoms with van der Waals surface area (Å²) in [5, 5.41) is 0. The number of carbonyl (C=O) groups excluding carboxylic acids is 1. The highest BCUT2D eigenvalue weighted by Crippen LogP contribution is 2.32. The first-order chi connectivity index (χ1) is 12.0. The molecule has 0 bridgehead atoms. The van der Waals surface area contributed by atoms with Crippen LogP contribution in [0, 0.1) is 23.5 Å². The summed E-state index contributed by atoms with van der Waals surface area (Å²) in [6.45, 7) is 5.11. The van der Waals surface area contributed by atoms with Crippen molar-refractivity contribution in [3.8, 4) is 0 Å². The molecular formula is C17H25F4N3O2. The molecule has 0 fully saturated rings. The van der Waals surface area contributed by atoms with Gasteiger partial charge < -0.3 is 14.5 Å². The quantitative estimate of drug-likeness (QED) is 0.286. The number of esters is 1. The third-order valence-corrected chi connectivity index (χ3v) is 3.93. The van der Waals surface area contributed by atoms with Gasteiger partial charge in [-0.05, 0) is 54.3 Å². The van der Waals surface area contributed by atoms with E-state index in [2.05, 4.69) is 4.98 Å². The number of anilines is 1. The predicted molar refractivity (Wildman–Crippen MR) is 89.9 cm³/mol. The predicted octanol–water partition coefficient (Wildman–Crippen LogP) is 3.13. The van der Waals surface area contributed by atoms with Crippen LogP contribution >= 0.6 is 0 Å². The summed E-state index contributed by atoms with van der Waals surface area (Å²) in [6.07, 6.45) is 1.09. The molecule has 5 nitrogen and oxygen atoms in total. The van der Waals surface area contributed by atoms with E-state index < -0.39 is 40.7 Å². The van der Waals surface area contributed by atoms with Crippen molar-refractivity contribution in [3.05, 3.63) is 23.5 Å². The van der Waals surface area contributed by atoms with Crippen LogP contribution in [0.4, 0.5) is 23.2 Å². The summed E-state index contributed by atoms with van der Waals surface area (Å²) in [5.74, 6) is -7.58. The standard InChI is InChI=1S/C17H25F4N3O2/c1-6-26-16(25)17(2,3)24(10-8-7-9-23(4)5)13-11(18)14(20)22-15(21)12(13)19/h6-10H2,1-5H3. The van der Waals surface area contributed by atoms with Gasteiger partial charge in [-0.1, -0.05) is 0 Å². The van der Waals surface area contributed by atoms with Crippen molar-refractivity contribution in [2.24, 2.45) is 0 Å². The van der Waals surface area contributed by atoms with Gasteiger partial charge in [0.2, 0.25) is 11.6 Å². The van der Waals surface area contributed by atoms with Crippen LogP contribution in [0.3, 0.4) is 0 Å². The first-order valence-corrected chi connectivity index (χ1v) is 8.33. The van der Waals surface area contributed by atoms with Gasteiger partial charge in [0.15, 0.2) is 0 Å². The van der Waals surface area contributed by atoms with Crippen molar-refractivity contribution in [3.63, 3.8) is 0 Å². The molecule has 0 atom stereocenters. The number of pyridine rings is 1. The van der Waals surface area contributed by atoms with Gasteiger partial charge in [0.25, 0.3) is 11.9 Å². The Morgan fingerprint density at radius 3 is 2.00 bits per heavy atom. The van der Waals surface area contributed by atoms with Gasteiger partial charge in [0.05, 0.1) is 6.61 Å². The normalized spacial score (nSPS) is 11.8. The lowest BCUT2D eigenvalue weighted by Crippen LogP contribution is -2.52. The molecular weight excluding hydrogens is 354 g/mol. The van der Waals surface area contributed by atoms with Gasteiger partial charge in [-0.25, -0.2) is 4.79 Å². The fraction of sp³-hybridized carbons (Fsp3) is 0.647. The fourth-order valence-electron chi connectivity index (χ4n) is 2.50. The highest BCUT2D eigenvalue weighted by Gasteiger charge is 2.40. The molecule has 0 N–H and O–H groups in total. The number of hydrogen-bond donors (Lipinski definition) is 0. The fourth-order valence-corrected chi connectivity index (χ4v) is 2.50. The molecule has 0 saturated heterocycles. The van der Waals surface area contributed by atoms with Crippen LogP contribution < -0.4 is 4.90 Å². The molecule has 0 spiro atoms. The average Bonchev–Trinajstić information content (AvgIpc) is 2.55. The highest BCUT2D eigenvalue weighted by atomic mass is 19.2.